The van der Waals surface area contributed by atoms with Gasteiger partial charge in [-0.2, -0.15) is 0 Å². The highest BCUT2D eigenvalue weighted by Crippen LogP contribution is 2.32. The molecule has 1 unspecified atom stereocenters. The molecule has 1 atom stereocenters. The number of aryl methyl sites for hydroxylation is 1. The van der Waals surface area contributed by atoms with Gasteiger partial charge in [-0.05, 0) is 31.2 Å². The molecule has 0 amide bonds. The van der Waals surface area contributed by atoms with Crippen LogP contribution in [-0.2, 0) is 6.54 Å². The molecule has 2 rings (SSSR count). The zero-order chi connectivity index (χ0) is 10.7. The minimum absolute atomic E-state index is 0.143. The molecule has 1 aliphatic rings. The van der Waals surface area contributed by atoms with E-state index in [1.165, 1.54) is 24.0 Å². The van der Waals surface area contributed by atoms with Crippen molar-refractivity contribution in [1.29, 1.82) is 0 Å². The lowest BCUT2D eigenvalue weighted by atomic mass is 10.1. The number of aliphatic hydroxyl groups excluding tert-OH is 1. The monoisotopic (exact) mass is 205 g/mol. The summed E-state index contributed by atoms with van der Waals surface area (Å²) in [5.41, 5.74) is 2.57. The predicted octanol–water partition coefficient (Wildman–Crippen LogP) is 1.86. The van der Waals surface area contributed by atoms with Gasteiger partial charge in [0.15, 0.2) is 0 Å². The van der Waals surface area contributed by atoms with E-state index < -0.39 is 0 Å². The fraction of sp³-hybridized carbons (Fsp3) is 0.538. The summed E-state index contributed by atoms with van der Waals surface area (Å²) in [6.07, 6.45) is 2.26. The molecule has 0 aromatic heterocycles. The van der Waals surface area contributed by atoms with Gasteiger partial charge in [0.2, 0.25) is 0 Å². The fourth-order valence-corrected chi connectivity index (χ4v) is 1.72. The lowest BCUT2D eigenvalue weighted by molar-refractivity contribution is 0.148. The summed E-state index contributed by atoms with van der Waals surface area (Å²) in [4.78, 5) is 0. The lowest BCUT2D eigenvalue weighted by Gasteiger charge is -2.10. The van der Waals surface area contributed by atoms with E-state index in [9.17, 15) is 5.11 Å². The van der Waals surface area contributed by atoms with E-state index in [2.05, 4.69) is 36.5 Å². The first-order valence-corrected chi connectivity index (χ1v) is 5.70. The summed E-state index contributed by atoms with van der Waals surface area (Å²) in [6.45, 7) is 3.66. The Labute approximate surface area is 91.3 Å². The van der Waals surface area contributed by atoms with Crippen LogP contribution in [0.4, 0.5) is 0 Å². The highest BCUT2D eigenvalue weighted by molar-refractivity contribution is 5.21. The van der Waals surface area contributed by atoms with Crippen LogP contribution in [0, 0.1) is 12.8 Å². The number of hydrogen-bond donors (Lipinski definition) is 2. The Morgan fingerprint density at radius 2 is 2.00 bits per heavy atom. The third-order valence-electron chi connectivity index (χ3n) is 2.97. The summed E-state index contributed by atoms with van der Waals surface area (Å²) in [7, 11) is 0. The Bertz CT molecular complexity index is 303. The fourth-order valence-electron chi connectivity index (χ4n) is 1.72. The second-order valence-corrected chi connectivity index (χ2v) is 4.52. The molecular weight excluding hydrogens is 186 g/mol. The van der Waals surface area contributed by atoms with Gasteiger partial charge in [-0.3, -0.25) is 0 Å². The molecule has 1 saturated carbocycles. The van der Waals surface area contributed by atoms with Gasteiger partial charge in [0.1, 0.15) is 0 Å². The van der Waals surface area contributed by atoms with Crippen LogP contribution >= 0.6 is 0 Å². The van der Waals surface area contributed by atoms with Crippen molar-refractivity contribution >= 4 is 0 Å². The number of aliphatic hydroxyl groups is 1. The summed E-state index contributed by atoms with van der Waals surface area (Å²) >= 11 is 0. The van der Waals surface area contributed by atoms with E-state index in [4.69, 9.17) is 0 Å². The van der Waals surface area contributed by atoms with Crippen molar-refractivity contribution in [3.63, 3.8) is 0 Å². The van der Waals surface area contributed by atoms with Gasteiger partial charge in [0.05, 0.1) is 6.10 Å². The smallest absolute Gasteiger partial charge is 0.0692 e. The predicted molar refractivity (Wildman–Crippen MR) is 61.6 cm³/mol. The van der Waals surface area contributed by atoms with Crippen molar-refractivity contribution in [2.45, 2.75) is 32.4 Å². The lowest BCUT2D eigenvalue weighted by Crippen LogP contribution is -2.27. The van der Waals surface area contributed by atoms with Crippen molar-refractivity contribution in [3.05, 3.63) is 35.4 Å². The van der Waals surface area contributed by atoms with Gasteiger partial charge in [-0.1, -0.05) is 29.8 Å². The van der Waals surface area contributed by atoms with Crippen LogP contribution in [-0.4, -0.2) is 17.8 Å². The number of nitrogens with one attached hydrogen (secondary N) is 1. The SMILES string of the molecule is Cc1ccc(CNCC(O)C2CC2)cc1. The van der Waals surface area contributed by atoms with Crippen LogP contribution in [0.25, 0.3) is 0 Å². The van der Waals surface area contributed by atoms with E-state index in [-0.39, 0.29) is 6.10 Å². The quantitative estimate of drug-likeness (QED) is 0.769. The van der Waals surface area contributed by atoms with Crippen molar-refractivity contribution in [2.24, 2.45) is 5.92 Å². The van der Waals surface area contributed by atoms with Gasteiger partial charge in [0, 0.05) is 13.1 Å². The van der Waals surface area contributed by atoms with Gasteiger partial charge in [-0.25, -0.2) is 0 Å². The molecule has 0 radical (unpaired) electrons. The largest absolute Gasteiger partial charge is 0.392 e. The normalized spacial score (nSPS) is 17.7. The molecule has 0 heterocycles. The maximum atomic E-state index is 9.65. The molecule has 2 heteroatoms. The van der Waals surface area contributed by atoms with E-state index in [1.807, 2.05) is 0 Å². The van der Waals surface area contributed by atoms with Crippen molar-refractivity contribution in [3.8, 4) is 0 Å². The van der Waals surface area contributed by atoms with Crippen LogP contribution in [0.3, 0.4) is 0 Å². The third-order valence-corrected chi connectivity index (χ3v) is 2.97. The average molecular weight is 205 g/mol. The van der Waals surface area contributed by atoms with Gasteiger partial charge in [-0.15, -0.1) is 0 Å². The first-order chi connectivity index (χ1) is 7.25. The van der Waals surface area contributed by atoms with Crippen molar-refractivity contribution in [1.82, 2.24) is 5.32 Å². The Morgan fingerprint density at radius 3 is 2.60 bits per heavy atom. The molecule has 1 aliphatic carbocycles. The standard InChI is InChI=1S/C13H19NO/c1-10-2-4-11(5-3-10)8-14-9-13(15)12-6-7-12/h2-5,12-15H,6-9H2,1H3. The Kier molecular flexibility index (Phi) is 3.39. The minimum atomic E-state index is -0.143. The van der Waals surface area contributed by atoms with Crippen LogP contribution < -0.4 is 5.32 Å². The second kappa shape index (κ2) is 4.77. The van der Waals surface area contributed by atoms with E-state index >= 15 is 0 Å². The molecular formula is C13H19NO. The maximum absolute atomic E-state index is 9.65. The average Bonchev–Trinajstić information content (AvgIpc) is 3.04. The zero-order valence-electron chi connectivity index (χ0n) is 9.24. The molecule has 0 spiro atoms. The van der Waals surface area contributed by atoms with Gasteiger partial charge >= 0.3 is 0 Å². The maximum Gasteiger partial charge on any atom is 0.0692 e. The summed E-state index contributed by atoms with van der Waals surface area (Å²) < 4.78 is 0. The second-order valence-electron chi connectivity index (χ2n) is 4.52. The number of benzene rings is 1. The molecule has 15 heavy (non-hydrogen) atoms. The first-order valence-electron chi connectivity index (χ1n) is 5.70. The Balaban J connectivity index is 1.70. The molecule has 1 fully saturated rings. The minimum Gasteiger partial charge on any atom is -0.392 e. The molecule has 82 valence electrons. The first kappa shape index (κ1) is 10.7. The van der Waals surface area contributed by atoms with Gasteiger partial charge in [0.25, 0.3) is 0 Å². The number of hydrogen-bond acceptors (Lipinski definition) is 2. The third kappa shape index (κ3) is 3.33. The molecule has 2 nitrogen and oxygen atoms in total. The van der Waals surface area contributed by atoms with E-state index in [1.54, 1.807) is 0 Å². The molecule has 0 bridgehead atoms. The Morgan fingerprint density at radius 1 is 1.33 bits per heavy atom. The van der Waals surface area contributed by atoms with E-state index in [0.29, 0.717) is 5.92 Å². The molecule has 1 aromatic rings. The van der Waals surface area contributed by atoms with Crippen LogP contribution in [0.2, 0.25) is 0 Å². The molecule has 1 aromatic carbocycles. The van der Waals surface area contributed by atoms with Gasteiger partial charge < -0.3 is 10.4 Å². The summed E-state index contributed by atoms with van der Waals surface area (Å²) in [5.74, 6) is 0.565. The zero-order valence-corrected chi connectivity index (χ0v) is 9.24. The van der Waals surface area contributed by atoms with Crippen LogP contribution in [0.5, 0.6) is 0 Å². The van der Waals surface area contributed by atoms with Crippen LogP contribution in [0.15, 0.2) is 24.3 Å². The summed E-state index contributed by atoms with van der Waals surface area (Å²) in [6, 6.07) is 8.50. The van der Waals surface area contributed by atoms with Crippen molar-refractivity contribution in [2.75, 3.05) is 6.54 Å². The van der Waals surface area contributed by atoms with E-state index in [0.717, 1.165) is 13.1 Å². The number of rotatable bonds is 5. The molecule has 2 N–H and O–H groups in total. The molecule has 0 aliphatic heterocycles. The Hall–Kier alpha value is -0.860. The van der Waals surface area contributed by atoms with Crippen molar-refractivity contribution < 1.29 is 5.11 Å². The highest BCUT2D eigenvalue weighted by Gasteiger charge is 2.28. The topological polar surface area (TPSA) is 32.3 Å². The van der Waals surface area contributed by atoms with Crippen LogP contribution in [0.1, 0.15) is 24.0 Å². The highest BCUT2D eigenvalue weighted by atomic mass is 16.3. The summed E-state index contributed by atoms with van der Waals surface area (Å²) in [5, 5.41) is 12.9. The molecule has 0 saturated heterocycles.